The lowest BCUT2D eigenvalue weighted by atomic mass is 9.66. The van der Waals surface area contributed by atoms with E-state index < -0.39 is 0 Å². The molecule has 0 bridgehead atoms. The topological polar surface area (TPSA) is 29.5 Å². The fraction of sp³-hybridized carbons (Fsp3) is 0.824. The van der Waals surface area contributed by atoms with Gasteiger partial charge in [0.25, 0.3) is 0 Å². The number of rotatable bonds is 5. The van der Waals surface area contributed by atoms with Crippen molar-refractivity contribution in [2.75, 3.05) is 19.7 Å². The minimum Gasteiger partial charge on any atom is -0.466 e. The van der Waals surface area contributed by atoms with Crippen molar-refractivity contribution in [3.8, 4) is 0 Å². The van der Waals surface area contributed by atoms with Gasteiger partial charge in [-0.25, -0.2) is 0 Å². The van der Waals surface area contributed by atoms with E-state index in [4.69, 9.17) is 4.74 Å². The van der Waals surface area contributed by atoms with Gasteiger partial charge in [0.2, 0.25) is 0 Å². The Hall–Kier alpha value is -0.830. The van der Waals surface area contributed by atoms with Gasteiger partial charge in [0.1, 0.15) is 0 Å². The Labute approximate surface area is 123 Å². The Morgan fingerprint density at radius 1 is 1.15 bits per heavy atom. The lowest BCUT2D eigenvalue weighted by Gasteiger charge is -2.44. The number of hydrogen-bond acceptors (Lipinski definition) is 3. The van der Waals surface area contributed by atoms with E-state index in [0.717, 1.165) is 13.1 Å². The molecule has 2 aliphatic carbocycles. The number of likely N-dealkylation sites (N-methyl/N-ethyl adjacent to an activating group) is 1. The van der Waals surface area contributed by atoms with Crippen LogP contribution in [0.2, 0.25) is 0 Å². The summed E-state index contributed by atoms with van der Waals surface area (Å²) in [7, 11) is 0. The van der Waals surface area contributed by atoms with E-state index in [1.807, 2.05) is 6.92 Å². The van der Waals surface area contributed by atoms with Gasteiger partial charge in [0, 0.05) is 6.04 Å². The highest BCUT2D eigenvalue weighted by molar-refractivity contribution is 5.74. The van der Waals surface area contributed by atoms with Crippen LogP contribution in [0, 0.1) is 17.8 Å². The maximum Gasteiger partial charge on any atom is 0.311 e. The number of ether oxygens (including phenoxy) is 1. The Kier molecular flexibility index (Phi) is 5.64. The second-order valence-corrected chi connectivity index (χ2v) is 5.99. The number of carbonyl (C=O) groups is 1. The number of esters is 1. The van der Waals surface area contributed by atoms with Gasteiger partial charge in [0.15, 0.2) is 0 Å². The maximum atomic E-state index is 12.5. The number of nitrogens with zero attached hydrogens (tertiary/aromatic N) is 1. The van der Waals surface area contributed by atoms with E-state index in [-0.39, 0.29) is 17.9 Å². The zero-order valence-electron chi connectivity index (χ0n) is 13.2. The predicted octanol–water partition coefficient (Wildman–Crippen LogP) is 3.25. The summed E-state index contributed by atoms with van der Waals surface area (Å²) in [6.45, 7) is 8.71. The standard InChI is InChI=1S/C17H29NO2/c1-4-18(5-2)15-12-11-13-9-7-8-10-14(13)16(15)17(19)20-6-3/h11-16H,4-10H2,1-3H3. The molecule has 0 amide bonds. The second kappa shape index (κ2) is 7.26. The molecule has 0 aromatic heterocycles. The first kappa shape index (κ1) is 15.6. The number of allylic oxidation sites excluding steroid dienone is 1. The third kappa shape index (κ3) is 3.08. The first-order chi connectivity index (χ1) is 9.72. The van der Waals surface area contributed by atoms with Gasteiger partial charge in [-0.2, -0.15) is 0 Å². The van der Waals surface area contributed by atoms with Crippen LogP contribution in [0.25, 0.3) is 0 Å². The first-order valence-corrected chi connectivity index (χ1v) is 8.31. The van der Waals surface area contributed by atoms with E-state index >= 15 is 0 Å². The minimum absolute atomic E-state index is 0.0191. The van der Waals surface area contributed by atoms with E-state index in [1.165, 1.54) is 25.7 Å². The van der Waals surface area contributed by atoms with Crippen molar-refractivity contribution in [2.24, 2.45) is 17.8 Å². The third-order valence-electron chi connectivity index (χ3n) is 5.05. The van der Waals surface area contributed by atoms with Crippen LogP contribution in [-0.2, 0) is 9.53 Å². The van der Waals surface area contributed by atoms with Crippen molar-refractivity contribution in [3.05, 3.63) is 12.2 Å². The van der Waals surface area contributed by atoms with E-state index in [1.54, 1.807) is 0 Å². The fourth-order valence-corrected chi connectivity index (χ4v) is 4.05. The van der Waals surface area contributed by atoms with Crippen molar-refractivity contribution >= 4 is 5.97 Å². The SMILES string of the molecule is CCOC(=O)C1C2CCCCC2C=CC1N(CC)CC. The zero-order valence-corrected chi connectivity index (χ0v) is 13.2. The molecule has 2 rings (SSSR count). The lowest BCUT2D eigenvalue weighted by molar-refractivity contribution is -0.154. The molecule has 2 aliphatic rings. The Bertz CT molecular complexity index is 349. The summed E-state index contributed by atoms with van der Waals surface area (Å²) in [5.41, 5.74) is 0. The van der Waals surface area contributed by atoms with Crippen LogP contribution in [0.1, 0.15) is 46.5 Å². The molecule has 0 aromatic carbocycles. The summed E-state index contributed by atoms with van der Waals surface area (Å²) in [6.07, 6.45) is 9.63. The highest BCUT2D eigenvalue weighted by Gasteiger charge is 2.43. The molecule has 0 spiro atoms. The normalized spacial score (nSPS) is 33.0. The summed E-state index contributed by atoms with van der Waals surface area (Å²) in [6, 6.07) is 0.225. The summed E-state index contributed by atoms with van der Waals surface area (Å²) in [5.74, 6) is 1.12. The van der Waals surface area contributed by atoms with Crippen molar-refractivity contribution in [1.29, 1.82) is 0 Å². The molecule has 114 valence electrons. The molecule has 1 saturated carbocycles. The van der Waals surface area contributed by atoms with Crippen LogP contribution >= 0.6 is 0 Å². The average molecular weight is 279 g/mol. The van der Waals surface area contributed by atoms with Gasteiger partial charge in [-0.3, -0.25) is 9.69 Å². The molecule has 0 aromatic rings. The molecule has 0 heterocycles. The quantitative estimate of drug-likeness (QED) is 0.571. The smallest absolute Gasteiger partial charge is 0.311 e. The summed E-state index contributed by atoms with van der Waals surface area (Å²) in [5, 5.41) is 0. The van der Waals surface area contributed by atoms with Gasteiger partial charge in [-0.05, 0) is 44.7 Å². The summed E-state index contributed by atoms with van der Waals surface area (Å²) in [4.78, 5) is 14.9. The lowest BCUT2D eigenvalue weighted by Crippen LogP contribution is -2.50. The average Bonchev–Trinajstić information content (AvgIpc) is 2.48. The summed E-state index contributed by atoms with van der Waals surface area (Å²) < 4.78 is 5.40. The van der Waals surface area contributed by atoms with Crippen molar-refractivity contribution < 1.29 is 9.53 Å². The van der Waals surface area contributed by atoms with Crippen LogP contribution in [0.3, 0.4) is 0 Å². The van der Waals surface area contributed by atoms with Gasteiger partial charge in [-0.15, -0.1) is 0 Å². The largest absolute Gasteiger partial charge is 0.466 e. The number of fused-ring (bicyclic) bond motifs is 1. The molecule has 4 unspecified atom stereocenters. The molecule has 4 atom stereocenters. The molecule has 0 N–H and O–H groups in total. The second-order valence-electron chi connectivity index (χ2n) is 5.99. The highest BCUT2D eigenvalue weighted by atomic mass is 16.5. The van der Waals surface area contributed by atoms with Crippen molar-refractivity contribution in [2.45, 2.75) is 52.5 Å². The van der Waals surface area contributed by atoms with Gasteiger partial charge in [0.05, 0.1) is 12.5 Å². The van der Waals surface area contributed by atoms with Crippen molar-refractivity contribution in [3.63, 3.8) is 0 Å². The molecular formula is C17H29NO2. The highest BCUT2D eigenvalue weighted by Crippen LogP contribution is 2.42. The van der Waals surface area contributed by atoms with Crippen LogP contribution in [-0.4, -0.2) is 36.6 Å². The molecule has 0 saturated heterocycles. The molecule has 20 heavy (non-hydrogen) atoms. The summed E-state index contributed by atoms with van der Waals surface area (Å²) >= 11 is 0. The van der Waals surface area contributed by atoms with E-state index in [2.05, 4.69) is 30.9 Å². The Morgan fingerprint density at radius 2 is 1.85 bits per heavy atom. The molecule has 0 aliphatic heterocycles. The van der Waals surface area contributed by atoms with Crippen LogP contribution in [0.5, 0.6) is 0 Å². The minimum atomic E-state index is 0.0191. The first-order valence-electron chi connectivity index (χ1n) is 8.31. The van der Waals surface area contributed by atoms with Crippen LogP contribution in [0.15, 0.2) is 12.2 Å². The van der Waals surface area contributed by atoms with Crippen LogP contribution < -0.4 is 0 Å². The number of carbonyl (C=O) groups excluding carboxylic acids is 1. The Balaban J connectivity index is 2.25. The predicted molar refractivity (Wildman–Crippen MR) is 81.4 cm³/mol. The van der Waals surface area contributed by atoms with Gasteiger partial charge >= 0.3 is 5.97 Å². The number of hydrogen-bond donors (Lipinski definition) is 0. The fourth-order valence-electron chi connectivity index (χ4n) is 4.05. The van der Waals surface area contributed by atoms with E-state index in [0.29, 0.717) is 18.4 Å². The third-order valence-corrected chi connectivity index (χ3v) is 5.05. The molecule has 1 fully saturated rings. The monoisotopic (exact) mass is 279 g/mol. The van der Waals surface area contributed by atoms with E-state index in [9.17, 15) is 4.79 Å². The molecule has 0 radical (unpaired) electrons. The maximum absolute atomic E-state index is 12.5. The molecule has 3 nitrogen and oxygen atoms in total. The van der Waals surface area contributed by atoms with Crippen molar-refractivity contribution in [1.82, 2.24) is 4.90 Å². The van der Waals surface area contributed by atoms with Gasteiger partial charge in [-0.1, -0.05) is 38.8 Å². The molecular weight excluding hydrogens is 250 g/mol. The zero-order chi connectivity index (χ0) is 14.5. The Morgan fingerprint density at radius 3 is 2.50 bits per heavy atom. The van der Waals surface area contributed by atoms with Gasteiger partial charge < -0.3 is 4.74 Å². The van der Waals surface area contributed by atoms with Crippen LogP contribution in [0.4, 0.5) is 0 Å². The molecule has 3 heteroatoms.